The Kier molecular flexibility index (Phi) is 3.19. The zero-order valence-electron chi connectivity index (χ0n) is 9.20. The Bertz CT molecular complexity index is 615. The molecule has 1 aromatic heterocycles. The number of benzene rings is 1. The van der Waals surface area contributed by atoms with Crippen LogP contribution in [0.4, 0.5) is 4.79 Å². The largest absolute Gasteiger partial charge is 0.419 e. The maximum absolute atomic E-state index is 11.3. The van der Waals surface area contributed by atoms with Gasteiger partial charge in [0, 0.05) is 13.6 Å². The van der Waals surface area contributed by atoms with Gasteiger partial charge in [0.2, 0.25) is 0 Å². The number of nitrogens with zero attached hydrogens (tertiary/aromatic N) is 1. The molecule has 0 aliphatic heterocycles. The predicted molar refractivity (Wildman–Crippen MR) is 64.4 cm³/mol. The predicted octanol–water partition coefficient (Wildman–Crippen LogP) is 1.62. The fraction of sp³-hybridized carbons (Fsp3) is 0.273. The van der Waals surface area contributed by atoms with Gasteiger partial charge in [-0.05, 0) is 35.7 Å². The molecule has 0 atom stereocenters. The van der Waals surface area contributed by atoms with Gasteiger partial charge in [-0.25, -0.2) is 4.79 Å². The number of hydrogen-bond acceptors (Lipinski definition) is 3. The molecule has 1 heterocycles. The number of hydrogen-bond donors (Lipinski definition) is 1. The molecule has 0 unspecified atom stereocenters. The Labute approximate surface area is 102 Å². The summed E-state index contributed by atoms with van der Waals surface area (Å²) in [5, 5.41) is 1.93. The average Bonchev–Trinajstić information content (AvgIpc) is 2.55. The highest BCUT2D eigenvalue weighted by Gasteiger charge is 2.06. The van der Waals surface area contributed by atoms with Gasteiger partial charge in [0.25, 0.3) is 0 Å². The van der Waals surface area contributed by atoms with Crippen molar-refractivity contribution < 1.29 is 9.21 Å². The van der Waals surface area contributed by atoms with Crippen molar-refractivity contribution in [3.8, 4) is 0 Å². The van der Waals surface area contributed by atoms with Crippen LogP contribution in [0.25, 0.3) is 11.1 Å². The van der Waals surface area contributed by atoms with Gasteiger partial charge in [0.1, 0.15) is 0 Å². The first-order valence-corrected chi connectivity index (χ1v) is 5.47. The minimum Gasteiger partial charge on any atom is -0.408 e. The number of amides is 1. The Hall–Kier alpha value is -1.75. The fourth-order valence-corrected chi connectivity index (χ4v) is 1.73. The van der Waals surface area contributed by atoms with Gasteiger partial charge in [-0.15, -0.1) is 0 Å². The summed E-state index contributed by atoms with van der Waals surface area (Å²) in [6.07, 6.45) is 0.647. The molecule has 0 saturated carbocycles. The van der Waals surface area contributed by atoms with Crippen LogP contribution in [0.3, 0.4) is 0 Å². The van der Waals surface area contributed by atoms with Crippen molar-refractivity contribution in [2.45, 2.75) is 6.42 Å². The topological polar surface area (TPSA) is 64.2 Å². The highest BCUT2D eigenvalue weighted by atomic mass is 35.5. The Balaban J connectivity index is 2.22. The number of nitrogens with one attached hydrogen (secondary N) is 1. The van der Waals surface area contributed by atoms with Gasteiger partial charge in [0.05, 0.1) is 5.52 Å². The second kappa shape index (κ2) is 4.63. The lowest BCUT2D eigenvalue weighted by Gasteiger charge is -2.02. The first kappa shape index (κ1) is 11.7. The molecule has 90 valence electrons. The van der Waals surface area contributed by atoms with Crippen LogP contribution in [-0.4, -0.2) is 16.5 Å². The zero-order chi connectivity index (χ0) is 12.4. The number of halogens is 1. The van der Waals surface area contributed by atoms with E-state index in [0.29, 0.717) is 18.5 Å². The molecule has 0 spiro atoms. The van der Waals surface area contributed by atoms with Crippen LogP contribution in [0.15, 0.2) is 27.4 Å². The van der Waals surface area contributed by atoms with Crippen molar-refractivity contribution in [1.82, 2.24) is 9.88 Å². The average molecular weight is 255 g/mol. The molecule has 1 aromatic carbocycles. The molecule has 0 aliphatic rings. The van der Waals surface area contributed by atoms with Crippen LogP contribution in [0.1, 0.15) is 5.56 Å². The number of oxazole rings is 1. The van der Waals surface area contributed by atoms with Crippen molar-refractivity contribution >= 4 is 28.1 Å². The first-order chi connectivity index (χ1) is 8.08. The number of carbonyl (C=O) groups is 1. The quantitative estimate of drug-likeness (QED) is 0.669. The molecule has 0 bridgehead atoms. The van der Waals surface area contributed by atoms with Crippen molar-refractivity contribution in [3.05, 3.63) is 34.3 Å². The van der Waals surface area contributed by atoms with E-state index in [1.54, 1.807) is 13.1 Å². The zero-order valence-corrected chi connectivity index (χ0v) is 9.95. The lowest BCUT2D eigenvalue weighted by atomic mass is 10.1. The molecule has 6 heteroatoms. The summed E-state index contributed by atoms with van der Waals surface area (Å²) < 4.78 is 6.46. The van der Waals surface area contributed by atoms with Gasteiger partial charge in [-0.3, -0.25) is 9.36 Å². The molecule has 0 aliphatic carbocycles. The van der Waals surface area contributed by atoms with Crippen LogP contribution in [0.5, 0.6) is 0 Å². The van der Waals surface area contributed by atoms with Gasteiger partial charge < -0.3 is 9.73 Å². The summed E-state index contributed by atoms with van der Waals surface area (Å²) in [4.78, 5) is 21.8. The normalized spacial score (nSPS) is 10.7. The number of aromatic nitrogens is 1. The van der Waals surface area contributed by atoms with Crippen molar-refractivity contribution in [2.24, 2.45) is 7.05 Å². The van der Waals surface area contributed by atoms with Gasteiger partial charge in [0.15, 0.2) is 5.58 Å². The standard InChI is InChI=1S/C11H11ClN2O3/c1-14-8-6-7(4-5-13-10(12)15)2-3-9(8)17-11(14)16/h2-3,6H,4-5H2,1H3,(H,13,15). The van der Waals surface area contributed by atoms with E-state index in [2.05, 4.69) is 5.32 Å². The molecule has 2 aromatic rings. The second-order valence-corrected chi connectivity index (χ2v) is 4.02. The van der Waals surface area contributed by atoms with E-state index in [4.69, 9.17) is 16.0 Å². The molecule has 1 amide bonds. The Morgan fingerprint density at radius 2 is 2.29 bits per heavy atom. The summed E-state index contributed by atoms with van der Waals surface area (Å²) in [6.45, 7) is 0.458. The maximum Gasteiger partial charge on any atom is 0.419 e. The third kappa shape index (κ3) is 2.50. The van der Waals surface area contributed by atoms with Gasteiger partial charge in [-0.2, -0.15) is 0 Å². The minimum absolute atomic E-state index is 0.383. The van der Waals surface area contributed by atoms with E-state index >= 15 is 0 Å². The van der Waals surface area contributed by atoms with E-state index in [0.717, 1.165) is 11.1 Å². The molecule has 1 N–H and O–H groups in total. The van der Waals surface area contributed by atoms with Gasteiger partial charge in [-0.1, -0.05) is 6.07 Å². The molecule has 0 saturated heterocycles. The highest BCUT2D eigenvalue weighted by Crippen LogP contribution is 2.14. The Morgan fingerprint density at radius 1 is 1.53 bits per heavy atom. The van der Waals surface area contributed by atoms with Crippen LogP contribution < -0.4 is 11.1 Å². The lowest BCUT2D eigenvalue weighted by Crippen LogP contribution is -2.19. The summed E-state index contributed by atoms with van der Waals surface area (Å²) in [7, 11) is 1.65. The molecule has 17 heavy (non-hydrogen) atoms. The molecule has 2 rings (SSSR count). The monoisotopic (exact) mass is 254 g/mol. The highest BCUT2D eigenvalue weighted by molar-refractivity contribution is 6.62. The van der Waals surface area contributed by atoms with Crippen LogP contribution in [0, 0.1) is 0 Å². The molecule has 0 radical (unpaired) electrons. The van der Waals surface area contributed by atoms with Crippen LogP contribution in [0.2, 0.25) is 0 Å². The second-order valence-electron chi connectivity index (χ2n) is 3.68. The smallest absolute Gasteiger partial charge is 0.408 e. The molecule has 5 nitrogen and oxygen atoms in total. The van der Waals surface area contributed by atoms with Crippen LogP contribution >= 0.6 is 11.6 Å². The van der Waals surface area contributed by atoms with E-state index in [-0.39, 0.29) is 5.76 Å². The van der Waals surface area contributed by atoms with E-state index in [1.807, 2.05) is 12.1 Å². The van der Waals surface area contributed by atoms with Crippen molar-refractivity contribution in [3.63, 3.8) is 0 Å². The third-order valence-corrected chi connectivity index (χ3v) is 2.67. The minimum atomic E-state index is -0.568. The van der Waals surface area contributed by atoms with Gasteiger partial charge >= 0.3 is 11.1 Å². The number of aryl methyl sites for hydroxylation is 1. The number of rotatable bonds is 3. The van der Waals surface area contributed by atoms with E-state index in [1.165, 1.54) is 4.57 Å². The van der Waals surface area contributed by atoms with Crippen LogP contribution in [-0.2, 0) is 13.5 Å². The summed E-state index contributed by atoms with van der Waals surface area (Å²) in [6, 6.07) is 5.46. The third-order valence-electron chi connectivity index (χ3n) is 2.53. The molecular weight excluding hydrogens is 244 g/mol. The fourth-order valence-electron chi connectivity index (χ4n) is 1.63. The van der Waals surface area contributed by atoms with Crippen molar-refractivity contribution in [1.29, 1.82) is 0 Å². The summed E-state index contributed by atoms with van der Waals surface area (Å²) >= 11 is 5.16. The first-order valence-electron chi connectivity index (χ1n) is 5.10. The summed E-state index contributed by atoms with van der Waals surface area (Å²) in [5.74, 6) is -0.383. The van der Waals surface area contributed by atoms with E-state index < -0.39 is 5.37 Å². The lowest BCUT2D eigenvalue weighted by molar-refractivity contribution is 0.260. The van der Waals surface area contributed by atoms with E-state index in [9.17, 15) is 9.59 Å². The molecule has 0 fully saturated rings. The summed E-state index contributed by atoms with van der Waals surface area (Å²) in [5.41, 5.74) is 2.30. The maximum atomic E-state index is 11.3. The van der Waals surface area contributed by atoms with Crippen molar-refractivity contribution in [2.75, 3.05) is 6.54 Å². The number of carbonyl (C=O) groups excluding carboxylic acids is 1. The molecular formula is C11H11ClN2O3. The Morgan fingerprint density at radius 3 is 3.00 bits per heavy atom. The SMILES string of the molecule is Cn1c(=O)oc2ccc(CCNC(=O)Cl)cc21. The number of fused-ring (bicyclic) bond motifs is 1.